The van der Waals surface area contributed by atoms with Gasteiger partial charge in [0.05, 0.1) is 13.0 Å². The molecular weight excluding hydrogens is 331 g/mol. The van der Waals surface area contributed by atoms with Gasteiger partial charge in [0.2, 0.25) is 0 Å². The van der Waals surface area contributed by atoms with Crippen LogP contribution < -0.4 is 4.74 Å². The molecule has 1 aromatic heterocycles. The third kappa shape index (κ3) is 3.52. The van der Waals surface area contributed by atoms with E-state index in [2.05, 4.69) is 4.98 Å². The number of aromatic nitrogens is 1. The number of carbonyl (C=O) groups is 1. The predicted octanol–water partition coefficient (Wildman–Crippen LogP) is 5.10. The number of fused-ring (bicyclic) bond motifs is 1. The second kappa shape index (κ2) is 6.63. The third-order valence-electron chi connectivity index (χ3n) is 4.18. The number of rotatable bonds is 5. The second-order valence-corrected chi connectivity index (χ2v) is 5.74. The summed E-state index contributed by atoms with van der Waals surface area (Å²) in [5.74, 6) is -1.97. The van der Waals surface area contributed by atoms with Gasteiger partial charge in [0.25, 0.3) is 0 Å². The Bertz CT molecular complexity index is 885. The number of halogens is 3. The molecule has 1 N–H and O–H groups in total. The first-order chi connectivity index (χ1) is 11.9. The highest BCUT2D eigenvalue weighted by atomic mass is 19.4. The highest BCUT2D eigenvalue weighted by Crippen LogP contribution is 2.41. The SMILES string of the molecule is COc1ccc2[nH]cc([C@@H](CC(=O)c3ccccc3)C(F)(F)F)c2c1. The van der Waals surface area contributed by atoms with Crippen molar-refractivity contribution in [2.75, 3.05) is 7.11 Å². The molecule has 0 saturated carbocycles. The number of carbonyl (C=O) groups excluding carboxylic acids is 1. The van der Waals surface area contributed by atoms with E-state index in [9.17, 15) is 18.0 Å². The molecule has 2 aromatic carbocycles. The number of methoxy groups -OCH3 is 1. The molecule has 0 saturated heterocycles. The minimum Gasteiger partial charge on any atom is -0.497 e. The zero-order valence-corrected chi connectivity index (χ0v) is 13.4. The van der Waals surface area contributed by atoms with Crippen LogP contribution in [-0.4, -0.2) is 24.1 Å². The Kier molecular flexibility index (Phi) is 4.53. The van der Waals surface area contributed by atoms with Crippen LogP contribution in [0.25, 0.3) is 10.9 Å². The minimum atomic E-state index is -4.54. The fraction of sp³-hybridized carbons (Fsp3) is 0.211. The summed E-state index contributed by atoms with van der Waals surface area (Å²) >= 11 is 0. The summed E-state index contributed by atoms with van der Waals surface area (Å²) in [7, 11) is 1.45. The topological polar surface area (TPSA) is 42.1 Å². The van der Waals surface area contributed by atoms with Crippen LogP contribution in [0, 0.1) is 0 Å². The standard InChI is InChI=1S/C19H16F3NO2/c1-25-13-7-8-17-14(9-13)15(11-23-17)16(19(20,21)22)10-18(24)12-5-3-2-4-6-12/h2-9,11,16,23H,10H2,1H3/t16-/m1/s1. The largest absolute Gasteiger partial charge is 0.497 e. The molecule has 3 aromatic rings. The molecular formula is C19H16F3NO2. The molecule has 0 amide bonds. The number of hydrogen-bond acceptors (Lipinski definition) is 2. The number of Topliss-reactive ketones (excluding diaryl/α,β-unsaturated/α-hetero) is 1. The van der Waals surface area contributed by atoms with Crippen molar-refractivity contribution in [3.8, 4) is 5.75 Å². The molecule has 0 radical (unpaired) electrons. The maximum atomic E-state index is 13.7. The molecule has 0 aliphatic rings. The van der Waals surface area contributed by atoms with Gasteiger partial charge in [-0.2, -0.15) is 13.2 Å². The van der Waals surface area contributed by atoms with Crippen molar-refractivity contribution in [1.29, 1.82) is 0 Å². The average molecular weight is 347 g/mol. The minimum absolute atomic E-state index is 0.0469. The number of hydrogen-bond donors (Lipinski definition) is 1. The summed E-state index contributed by atoms with van der Waals surface area (Å²) in [6.07, 6.45) is -3.86. The van der Waals surface area contributed by atoms with Gasteiger partial charge in [-0.05, 0) is 23.8 Å². The summed E-state index contributed by atoms with van der Waals surface area (Å²) in [5.41, 5.74) is 0.886. The fourth-order valence-electron chi connectivity index (χ4n) is 2.87. The van der Waals surface area contributed by atoms with Crippen LogP contribution in [0.4, 0.5) is 13.2 Å². The van der Waals surface area contributed by atoms with Crippen molar-refractivity contribution < 1.29 is 22.7 Å². The van der Waals surface area contributed by atoms with E-state index in [1.165, 1.54) is 25.4 Å². The Labute approximate surface area is 142 Å². The normalized spacial score (nSPS) is 13.0. The van der Waals surface area contributed by atoms with Gasteiger partial charge in [-0.1, -0.05) is 30.3 Å². The lowest BCUT2D eigenvalue weighted by atomic mass is 9.90. The average Bonchev–Trinajstić information content (AvgIpc) is 3.01. The molecule has 0 aliphatic heterocycles. The van der Waals surface area contributed by atoms with E-state index >= 15 is 0 Å². The van der Waals surface area contributed by atoms with Gasteiger partial charge in [-0.3, -0.25) is 4.79 Å². The summed E-state index contributed by atoms with van der Waals surface area (Å²) in [6, 6.07) is 12.9. The van der Waals surface area contributed by atoms with Crippen molar-refractivity contribution in [2.45, 2.75) is 18.5 Å². The number of nitrogens with one attached hydrogen (secondary N) is 1. The van der Waals surface area contributed by atoms with Crippen molar-refractivity contribution in [3.63, 3.8) is 0 Å². The lowest BCUT2D eigenvalue weighted by Crippen LogP contribution is -2.23. The molecule has 25 heavy (non-hydrogen) atoms. The zero-order chi connectivity index (χ0) is 18.0. The van der Waals surface area contributed by atoms with Crippen LogP contribution in [0.1, 0.15) is 28.3 Å². The first-order valence-electron chi connectivity index (χ1n) is 7.70. The smallest absolute Gasteiger partial charge is 0.396 e. The van der Waals surface area contributed by atoms with Gasteiger partial charge in [0.1, 0.15) is 5.75 Å². The van der Waals surface area contributed by atoms with Gasteiger partial charge < -0.3 is 9.72 Å². The van der Waals surface area contributed by atoms with E-state index < -0.39 is 24.3 Å². The highest BCUT2D eigenvalue weighted by molar-refractivity contribution is 5.97. The molecule has 3 nitrogen and oxygen atoms in total. The van der Waals surface area contributed by atoms with E-state index in [1.807, 2.05) is 0 Å². The maximum Gasteiger partial charge on any atom is 0.396 e. The van der Waals surface area contributed by atoms with Crippen molar-refractivity contribution >= 4 is 16.7 Å². The molecule has 3 rings (SSSR count). The molecule has 0 aliphatic carbocycles. The Hall–Kier alpha value is -2.76. The number of ketones is 1. The van der Waals surface area contributed by atoms with Crippen LogP contribution in [-0.2, 0) is 0 Å². The van der Waals surface area contributed by atoms with E-state index in [0.717, 1.165) is 0 Å². The lowest BCUT2D eigenvalue weighted by Gasteiger charge is -2.19. The molecule has 130 valence electrons. The van der Waals surface area contributed by atoms with Crippen LogP contribution >= 0.6 is 0 Å². The molecule has 0 fully saturated rings. The summed E-state index contributed by atoms with van der Waals surface area (Å²) in [4.78, 5) is 15.2. The Morgan fingerprint density at radius 3 is 2.52 bits per heavy atom. The Morgan fingerprint density at radius 1 is 1.16 bits per heavy atom. The Morgan fingerprint density at radius 2 is 1.88 bits per heavy atom. The van der Waals surface area contributed by atoms with Crippen LogP contribution in [0.5, 0.6) is 5.75 Å². The number of aromatic amines is 1. The van der Waals surface area contributed by atoms with Crippen LogP contribution in [0.15, 0.2) is 54.7 Å². The van der Waals surface area contributed by atoms with E-state index in [1.54, 1.807) is 36.4 Å². The van der Waals surface area contributed by atoms with Crippen molar-refractivity contribution in [2.24, 2.45) is 0 Å². The lowest BCUT2D eigenvalue weighted by molar-refractivity contribution is -0.149. The van der Waals surface area contributed by atoms with Gasteiger partial charge in [0.15, 0.2) is 5.78 Å². The highest BCUT2D eigenvalue weighted by Gasteiger charge is 2.43. The summed E-state index contributed by atoms with van der Waals surface area (Å²) in [5, 5.41) is 0.405. The van der Waals surface area contributed by atoms with Gasteiger partial charge >= 0.3 is 6.18 Å². The number of ether oxygens (including phenoxy) is 1. The maximum absolute atomic E-state index is 13.7. The summed E-state index contributed by atoms with van der Waals surface area (Å²) in [6.45, 7) is 0. The molecule has 0 bridgehead atoms. The van der Waals surface area contributed by atoms with E-state index in [-0.39, 0.29) is 11.1 Å². The number of alkyl halides is 3. The third-order valence-corrected chi connectivity index (χ3v) is 4.18. The van der Waals surface area contributed by atoms with E-state index in [0.29, 0.717) is 16.7 Å². The molecule has 1 heterocycles. The predicted molar refractivity (Wildman–Crippen MR) is 89.0 cm³/mol. The van der Waals surface area contributed by atoms with Gasteiger partial charge in [0, 0.05) is 29.1 Å². The first-order valence-corrected chi connectivity index (χ1v) is 7.70. The second-order valence-electron chi connectivity index (χ2n) is 5.74. The van der Waals surface area contributed by atoms with Crippen molar-refractivity contribution in [3.05, 3.63) is 65.9 Å². The number of H-pyrrole nitrogens is 1. The van der Waals surface area contributed by atoms with Crippen molar-refractivity contribution in [1.82, 2.24) is 4.98 Å². The molecule has 6 heteroatoms. The molecule has 0 unspecified atom stereocenters. The summed E-state index contributed by atoms with van der Waals surface area (Å²) < 4.78 is 46.1. The number of benzene rings is 2. The van der Waals surface area contributed by atoms with Crippen LogP contribution in [0.3, 0.4) is 0 Å². The first kappa shape index (κ1) is 17.1. The monoisotopic (exact) mass is 347 g/mol. The van der Waals surface area contributed by atoms with Gasteiger partial charge in [-0.15, -0.1) is 0 Å². The van der Waals surface area contributed by atoms with Crippen LogP contribution in [0.2, 0.25) is 0 Å². The zero-order valence-electron chi connectivity index (χ0n) is 13.4. The quantitative estimate of drug-likeness (QED) is 0.653. The Balaban J connectivity index is 2.01. The van der Waals surface area contributed by atoms with E-state index in [4.69, 9.17) is 4.74 Å². The molecule has 1 atom stereocenters. The fourth-order valence-corrected chi connectivity index (χ4v) is 2.87. The molecule has 0 spiro atoms. The van der Waals surface area contributed by atoms with Gasteiger partial charge in [-0.25, -0.2) is 0 Å².